The van der Waals surface area contributed by atoms with E-state index in [9.17, 15) is 19.5 Å². The van der Waals surface area contributed by atoms with Gasteiger partial charge in [0.25, 0.3) is 0 Å². The maximum atomic E-state index is 12.7. The van der Waals surface area contributed by atoms with Crippen molar-refractivity contribution >= 4 is 17.8 Å². The second-order valence-corrected chi connectivity index (χ2v) is 6.77. The first kappa shape index (κ1) is 19.9. The summed E-state index contributed by atoms with van der Waals surface area (Å²) in [7, 11) is 0. The van der Waals surface area contributed by atoms with Crippen LogP contribution in [-0.2, 0) is 20.8 Å². The summed E-state index contributed by atoms with van der Waals surface area (Å²) in [4.78, 5) is 36.8. The first-order chi connectivity index (χ1) is 12.4. The number of nitrogens with one attached hydrogen (secondary N) is 1. The normalized spacial score (nSPS) is 21.9. The van der Waals surface area contributed by atoms with Crippen LogP contribution >= 0.6 is 0 Å². The summed E-state index contributed by atoms with van der Waals surface area (Å²) >= 11 is 0. The Labute approximate surface area is 153 Å². The number of likely N-dealkylation sites (tertiary alicyclic amines) is 1. The molecule has 0 unspecified atom stereocenters. The zero-order chi connectivity index (χ0) is 19.1. The molecule has 7 nitrogen and oxygen atoms in total. The Morgan fingerprint density at radius 1 is 1.23 bits per heavy atom. The fourth-order valence-electron chi connectivity index (χ4n) is 3.32. The van der Waals surface area contributed by atoms with Gasteiger partial charge < -0.3 is 15.1 Å². The number of hydrogen-bond donors (Lipinski definition) is 3. The lowest BCUT2D eigenvalue weighted by atomic mass is 10.0. The Morgan fingerprint density at radius 2 is 1.92 bits per heavy atom. The third-order valence-corrected chi connectivity index (χ3v) is 4.80. The molecular formula is C19H26N2O5. The topological polar surface area (TPSA) is 107 Å². The third-order valence-electron chi connectivity index (χ3n) is 4.80. The van der Waals surface area contributed by atoms with Crippen LogP contribution in [0.15, 0.2) is 30.3 Å². The van der Waals surface area contributed by atoms with Crippen LogP contribution < -0.4 is 5.32 Å². The van der Waals surface area contributed by atoms with Crippen LogP contribution in [0, 0.1) is 0 Å². The minimum Gasteiger partial charge on any atom is -0.480 e. The lowest BCUT2D eigenvalue weighted by Gasteiger charge is -2.29. The molecule has 0 bridgehead atoms. The van der Waals surface area contributed by atoms with E-state index in [-0.39, 0.29) is 18.5 Å². The van der Waals surface area contributed by atoms with Gasteiger partial charge >= 0.3 is 11.9 Å². The van der Waals surface area contributed by atoms with E-state index in [0.29, 0.717) is 25.7 Å². The molecule has 7 heteroatoms. The van der Waals surface area contributed by atoms with Crippen molar-refractivity contribution in [2.45, 2.75) is 57.2 Å². The molecule has 1 heterocycles. The third kappa shape index (κ3) is 5.56. The van der Waals surface area contributed by atoms with Gasteiger partial charge in [0, 0.05) is 6.04 Å². The van der Waals surface area contributed by atoms with Gasteiger partial charge in [-0.2, -0.15) is 0 Å². The molecule has 1 fully saturated rings. The average molecular weight is 362 g/mol. The minimum absolute atomic E-state index is 0.169. The monoisotopic (exact) mass is 362 g/mol. The van der Waals surface area contributed by atoms with Crippen molar-refractivity contribution in [2.24, 2.45) is 0 Å². The molecule has 0 radical (unpaired) electrons. The molecule has 3 atom stereocenters. The van der Waals surface area contributed by atoms with Gasteiger partial charge in [0.1, 0.15) is 12.6 Å². The number of amides is 1. The van der Waals surface area contributed by atoms with Gasteiger partial charge in [-0.15, -0.1) is 0 Å². The lowest BCUT2D eigenvalue weighted by molar-refractivity contribution is -0.147. The van der Waals surface area contributed by atoms with Crippen molar-refractivity contribution in [3.63, 3.8) is 0 Å². The van der Waals surface area contributed by atoms with Crippen molar-refractivity contribution in [2.75, 3.05) is 6.54 Å². The van der Waals surface area contributed by atoms with Crippen LogP contribution in [-0.4, -0.2) is 57.6 Å². The molecule has 1 amide bonds. The Bertz CT molecular complexity index is 634. The SMILES string of the molecule is C[C@@H]1CCC[C@H](N[C@@H](CCc2ccccc2)C(=O)O)C(=O)N1CC(=O)O. The standard InChI is InChI=1S/C19H26N2O5/c1-13-6-5-9-15(18(24)21(13)12-17(22)23)20-16(19(25)26)11-10-14-7-3-2-4-8-14/h2-4,7-8,13,15-16,20H,5-6,9-12H2,1H3,(H,22,23)(H,25,26)/t13-,15+,16+/m1/s1. The molecule has 3 N–H and O–H groups in total. The minimum atomic E-state index is -1.07. The second-order valence-electron chi connectivity index (χ2n) is 6.77. The number of rotatable bonds is 8. The quantitative estimate of drug-likeness (QED) is 0.647. The van der Waals surface area contributed by atoms with Gasteiger partial charge in [-0.25, -0.2) is 0 Å². The Balaban J connectivity index is 2.04. The second kappa shape index (κ2) is 9.33. The zero-order valence-corrected chi connectivity index (χ0v) is 14.9. The molecular weight excluding hydrogens is 336 g/mol. The number of aryl methyl sites for hydroxylation is 1. The van der Waals surface area contributed by atoms with Crippen LogP contribution in [0.1, 0.15) is 38.2 Å². The molecule has 1 aliphatic rings. The van der Waals surface area contributed by atoms with E-state index in [4.69, 9.17) is 5.11 Å². The van der Waals surface area contributed by atoms with E-state index in [1.165, 1.54) is 4.90 Å². The molecule has 2 rings (SSSR count). The highest BCUT2D eigenvalue weighted by Crippen LogP contribution is 2.19. The van der Waals surface area contributed by atoms with E-state index in [0.717, 1.165) is 12.0 Å². The Kier molecular flexibility index (Phi) is 7.15. The van der Waals surface area contributed by atoms with E-state index >= 15 is 0 Å². The van der Waals surface area contributed by atoms with Crippen molar-refractivity contribution < 1.29 is 24.6 Å². The van der Waals surface area contributed by atoms with Gasteiger partial charge in [-0.3, -0.25) is 19.7 Å². The summed E-state index contributed by atoms with van der Waals surface area (Å²) in [6.07, 6.45) is 2.90. The van der Waals surface area contributed by atoms with Gasteiger partial charge in [0.15, 0.2) is 0 Å². The van der Waals surface area contributed by atoms with Crippen LogP contribution in [0.4, 0.5) is 0 Å². The summed E-state index contributed by atoms with van der Waals surface area (Å²) in [5.74, 6) is -2.40. The summed E-state index contributed by atoms with van der Waals surface area (Å²) in [6, 6.07) is 7.88. The fraction of sp³-hybridized carbons (Fsp3) is 0.526. The highest BCUT2D eigenvalue weighted by atomic mass is 16.4. The number of carboxylic acid groups (broad SMARTS) is 2. The molecule has 26 heavy (non-hydrogen) atoms. The first-order valence-corrected chi connectivity index (χ1v) is 8.93. The van der Waals surface area contributed by atoms with Crippen LogP contribution in [0.5, 0.6) is 0 Å². The summed E-state index contributed by atoms with van der Waals surface area (Å²) in [5, 5.41) is 21.5. The molecule has 1 aliphatic heterocycles. The van der Waals surface area contributed by atoms with E-state index < -0.39 is 24.0 Å². The number of nitrogens with zero attached hydrogens (tertiary/aromatic N) is 1. The molecule has 1 aromatic carbocycles. The van der Waals surface area contributed by atoms with Crippen molar-refractivity contribution in [3.05, 3.63) is 35.9 Å². The average Bonchev–Trinajstić information content (AvgIpc) is 2.72. The maximum Gasteiger partial charge on any atom is 0.323 e. The smallest absolute Gasteiger partial charge is 0.323 e. The molecule has 0 spiro atoms. The number of aliphatic carboxylic acids is 2. The van der Waals surface area contributed by atoms with Crippen molar-refractivity contribution in [1.29, 1.82) is 0 Å². The van der Waals surface area contributed by atoms with E-state index in [1.54, 1.807) is 0 Å². The highest BCUT2D eigenvalue weighted by molar-refractivity contribution is 5.86. The van der Waals surface area contributed by atoms with Crippen molar-refractivity contribution in [3.8, 4) is 0 Å². The predicted molar refractivity (Wildman–Crippen MR) is 95.8 cm³/mol. The molecule has 142 valence electrons. The lowest BCUT2D eigenvalue weighted by Crippen LogP contribution is -2.53. The van der Waals surface area contributed by atoms with Gasteiger partial charge in [-0.1, -0.05) is 30.3 Å². The van der Waals surface area contributed by atoms with Crippen LogP contribution in [0.3, 0.4) is 0 Å². The largest absolute Gasteiger partial charge is 0.480 e. The van der Waals surface area contributed by atoms with Gasteiger partial charge in [0.05, 0.1) is 6.04 Å². The first-order valence-electron chi connectivity index (χ1n) is 8.93. The van der Waals surface area contributed by atoms with Crippen molar-refractivity contribution in [1.82, 2.24) is 10.2 Å². The number of carbonyl (C=O) groups is 3. The van der Waals surface area contributed by atoms with Crippen LogP contribution in [0.25, 0.3) is 0 Å². The van der Waals surface area contributed by atoms with Gasteiger partial charge in [0.2, 0.25) is 5.91 Å². The Hall–Kier alpha value is -2.41. The predicted octanol–water partition coefficient (Wildman–Crippen LogP) is 1.52. The van der Waals surface area contributed by atoms with Crippen LogP contribution in [0.2, 0.25) is 0 Å². The van der Waals surface area contributed by atoms with E-state index in [1.807, 2.05) is 37.3 Å². The maximum absolute atomic E-state index is 12.7. The number of benzene rings is 1. The summed E-state index contributed by atoms with van der Waals surface area (Å²) in [5.41, 5.74) is 1.04. The number of carbonyl (C=O) groups excluding carboxylic acids is 1. The molecule has 1 aromatic rings. The summed E-state index contributed by atoms with van der Waals surface area (Å²) in [6.45, 7) is 1.47. The summed E-state index contributed by atoms with van der Waals surface area (Å²) < 4.78 is 0. The zero-order valence-electron chi connectivity index (χ0n) is 14.9. The van der Waals surface area contributed by atoms with Gasteiger partial charge in [-0.05, 0) is 44.6 Å². The number of carboxylic acids is 2. The number of hydrogen-bond acceptors (Lipinski definition) is 4. The molecule has 0 aliphatic carbocycles. The van der Waals surface area contributed by atoms with E-state index in [2.05, 4.69) is 5.32 Å². The fourth-order valence-corrected chi connectivity index (χ4v) is 3.32. The molecule has 1 saturated heterocycles. The highest BCUT2D eigenvalue weighted by Gasteiger charge is 2.34. The molecule has 0 saturated carbocycles. The Morgan fingerprint density at radius 3 is 2.54 bits per heavy atom. The molecule has 0 aromatic heterocycles.